The minimum absolute atomic E-state index is 0.113. The number of methoxy groups -OCH3 is 2. The van der Waals surface area contributed by atoms with Crippen LogP contribution in [-0.2, 0) is 16.0 Å². The minimum atomic E-state index is 0.113. The highest BCUT2D eigenvalue weighted by Crippen LogP contribution is 2.30. The summed E-state index contributed by atoms with van der Waals surface area (Å²) in [5.41, 5.74) is 0.869. The fourth-order valence-electron chi connectivity index (χ4n) is 4.21. The third-order valence-corrected chi connectivity index (χ3v) is 5.80. The summed E-state index contributed by atoms with van der Waals surface area (Å²) >= 11 is 0. The Morgan fingerprint density at radius 2 is 1.89 bits per heavy atom. The van der Waals surface area contributed by atoms with Crippen LogP contribution in [0.3, 0.4) is 0 Å². The zero-order valence-corrected chi connectivity index (χ0v) is 17.3. The van der Waals surface area contributed by atoms with Crippen LogP contribution in [-0.4, -0.2) is 87.0 Å². The number of likely N-dealkylation sites (N-methyl/N-ethyl adjacent to an activating group) is 1. The topological polar surface area (TPSA) is 62.3 Å². The van der Waals surface area contributed by atoms with E-state index in [2.05, 4.69) is 4.90 Å². The number of piperidine rings is 1. The van der Waals surface area contributed by atoms with Crippen molar-refractivity contribution >= 4 is 11.8 Å². The first-order valence-corrected chi connectivity index (χ1v) is 9.84. The van der Waals surface area contributed by atoms with E-state index in [1.54, 1.807) is 33.2 Å². The maximum Gasteiger partial charge on any atom is 0.236 e. The van der Waals surface area contributed by atoms with Crippen LogP contribution in [0.2, 0.25) is 0 Å². The highest BCUT2D eigenvalue weighted by molar-refractivity contribution is 5.80. The van der Waals surface area contributed by atoms with Crippen molar-refractivity contribution in [2.24, 2.45) is 5.92 Å². The molecule has 0 radical (unpaired) electrons. The molecule has 4 rings (SSSR count). The lowest BCUT2D eigenvalue weighted by Crippen LogP contribution is -2.48. The number of rotatable bonds is 6. The molecule has 0 unspecified atom stereocenters. The van der Waals surface area contributed by atoms with Crippen molar-refractivity contribution in [3.63, 3.8) is 0 Å². The Bertz CT molecular complexity index is 722. The lowest BCUT2D eigenvalue weighted by molar-refractivity contribution is -0.134. The van der Waals surface area contributed by atoms with E-state index in [9.17, 15) is 9.59 Å². The van der Waals surface area contributed by atoms with Crippen LogP contribution in [0.15, 0.2) is 18.2 Å². The number of nitrogens with zero attached hydrogens (tertiary/aromatic N) is 3. The van der Waals surface area contributed by atoms with Crippen LogP contribution in [0.4, 0.5) is 0 Å². The molecule has 0 spiro atoms. The SMILES string of the molecule is COc1ccc(CC(=O)N2C[C@@H]3CC[C@H]2CN(CC(=O)N(C)C)C3)c(OC)c1. The molecule has 7 heteroatoms. The molecule has 154 valence electrons. The molecule has 28 heavy (non-hydrogen) atoms. The minimum Gasteiger partial charge on any atom is -0.497 e. The molecular formula is C21H31N3O4. The molecule has 3 aliphatic heterocycles. The molecule has 3 saturated heterocycles. The Kier molecular flexibility index (Phi) is 6.44. The lowest BCUT2D eigenvalue weighted by Gasteiger charge is -2.36. The van der Waals surface area contributed by atoms with Gasteiger partial charge in [0.2, 0.25) is 11.8 Å². The Morgan fingerprint density at radius 3 is 2.57 bits per heavy atom. The molecule has 0 aromatic heterocycles. The monoisotopic (exact) mass is 389 g/mol. The van der Waals surface area contributed by atoms with Gasteiger partial charge in [-0.2, -0.15) is 0 Å². The van der Waals surface area contributed by atoms with Crippen molar-refractivity contribution in [2.75, 3.05) is 54.5 Å². The highest BCUT2D eigenvalue weighted by Gasteiger charge is 2.37. The third-order valence-electron chi connectivity index (χ3n) is 5.80. The van der Waals surface area contributed by atoms with E-state index in [1.807, 2.05) is 23.1 Å². The standard InChI is InChI=1S/C21H31N3O4/c1-22(2)21(26)14-23-11-15-5-7-17(13-23)24(12-15)20(25)9-16-6-8-18(27-3)10-19(16)28-4/h6,8,10,15,17H,5,7,9,11-14H2,1-4H3/t15-,17+/m1/s1. The molecular weight excluding hydrogens is 358 g/mol. The molecule has 7 nitrogen and oxygen atoms in total. The molecule has 3 fully saturated rings. The first-order chi connectivity index (χ1) is 13.4. The summed E-state index contributed by atoms with van der Waals surface area (Å²) < 4.78 is 10.7. The summed E-state index contributed by atoms with van der Waals surface area (Å²) in [5, 5.41) is 0. The summed E-state index contributed by atoms with van der Waals surface area (Å²) in [6, 6.07) is 5.73. The van der Waals surface area contributed by atoms with Crippen molar-refractivity contribution in [1.82, 2.24) is 14.7 Å². The number of benzene rings is 1. The number of carbonyl (C=O) groups excluding carboxylic acids is 2. The molecule has 3 heterocycles. The largest absolute Gasteiger partial charge is 0.497 e. The van der Waals surface area contributed by atoms with Gasteiger partial charge < -0.3 is 19.3 Å². The van der Waals surface area contributed by atoms with E-state index >= 15 is 0 Å². The van der Waals surface area contributed by atoms with Crippen LogP contribution in [0.5, 0.6) is 11.5 Å². The maximum absolute atomic E-state index is 13.1. The second-order valence-corrected chi connectivity index (χ2v) is 7.98. The summed E-state index contributed by atoms with van der Waals surface area (Å²) in [6.45, 7) is 2.84. The van der Waals surface area contributed by atoms with Gasteiger partial charge in [-0.1, -0.05) is 6.07 Å². The Hall–Kier alpha value is -2.28. The van der Waals surface area contributed by atoms with Gasteiger partial charge in [0.15, 0.2) is 0 Å². The summed E-state index contributed by atoms with van der Waals surface area (Å²) in [5.74, 6) is 2.05. The zero-order valence-electron chi connectivity index (χ0n) is 17.3. The van der Waals surface area contributed by atoms with E-state index in [4.69, 9.17) is 9.47 Å². The van der Waals surface area contributed by atoms with Crippen molar-refractivity contribution < 1.29 is 19.1 Å². The van der Waals surface area contributed by atoms with Gasteiger partial charge in [0.05, 0.1) is 27.2 Å². The van der Waals surface area contributed by atoms with Crippen molar-refractivity contribution in [3.05, 3.63) is 23.8 Å². The van der Waals surface area contributed by atoms with Gasteiger partial charge in [-0.3, -0.25) is 14.5 Å². The number of hydrogen-bond donors (Lipinski definition) is 0. The molecule has 3 aliphatic rings. The zero-order chi connectivity index (χ0) is 20.3. The fraction of sp³-hybridized carbons (Fsp3) is 0.619. The summed E-state index contributed by atoms with van der Waals surface area (Å²) in [6.07, 6.45) is 2.43. The fourth-order valence-corrected chi connectivity index (χ4v) is 4.21. The summed E-state index contributed by atoms with van der Waals surface area (Å²) in [7, 11) is 6.79. The number of fused-ring (bicyclic) bond motifs is 4. The van der Waals surface area contributed by atoms with Crippen molar-refractivity contribution in [3.8, 4) is 11.5 Å². The Labute approximate surface area is 167 Å². The number of amides is 2. The van der Waals surface area contributed by atoms with Gasteiger partial charge >= 0.3 is 0 Å². The smallest absolute Gasteiger partial charge is 0.236 e. The van der Waals surface area contributed by atoms with Crippen molar-refractivity contribution in [2.45, 2.75) is 25.3 Å². The number of ether oxygens (including phenoxy) is 2. The van der Waals surface area contributed by atoms with Gasteiger partial charge in [-0.25, -0.2) is 0 Å². The molecule has 1 aromatic carbocycles. The number of carbonyl (C=O) groups is 2. The van der Waals surface area contributed by atoms with Crippen LogP contribution < -0.4 is 9.47 Å². The van der Waals surface area contributed by atoms with Crippen LogP contribution in [0.1, 0.15) is 18.4 Å². The first-order valence-electron chi connectivity index (χ1n) is 9.84. The summed E-state index contributed by atoms with van der Waals surface area (Å²) in [4.78, 5) is 31.1. The molecule has 1 aromatic rings. The lowest BCUT2D eigenvalue weighted by atomic mass is 9.94. The van der Waals surface area contributed by atoms with E-state index in [0.717, 1.165) is 38.0 Å². The second-order valence-electron chi connectivity index (χ2n) is 7.98. The van der Waals surface area contributed by atoms with Gasteiger partial charge in [-0.15, -0.1) is 0 Å². The van der Waals surface area contributed by atoms with Crippen molar-refractivity contribution in [1.29, 1.82) is 0 Å². The predicted molar refractivity (Wildman–Crippen MR) is 107 cm³/mol. The molecule has 0 saturated carbocycles. The average Bonchev–Trinajstić information content (AvgIpc) is 2.98. The van der Waals surface area contributed by atoms with Gasteiger partial charge in [-0.05, 0) is 24.8 Å². The van der Waals surface area contributed by atoms with Crippen LogP contribution in [0.25, 0.3) is 0 Å². The predicted octanol–water partition coefficient (Wildman–Crippen LogP) is 1.26. The normalized spacial score (nSPS) is 21.9. The highest BCUT2D eigenvalue weighted by atomic mass is 16.5. The maximum atomic E-state index is 13.1. The Morgan fingerprint density at radius 1 is 1.11 bits per heavy atom. The van der Waals surface area contributed by atoms with Gasteiger partial charge in [0.1, 0.15) is 11.5 Å². The van der Waals surface area contributed by atoms with Crippen LogP contribution >= 0.6 is 0 Å². The molecule has 0 aliphatic carbocycles. The molecule has 2 amide bonds. The Balaban J connectivity index is 1.69. The van der Waals surface area contributed by atoms with Gasteiger partial charge in [0.25, 0.3) is 0 Å². The number of hydrogen-bond acceptors (Lipinski definition) is 5. The quantitative estimate of drug-likeness (QED) is 0.733. The average molecular weight is 389 g/mol. The van der Waals surface area contributed by atoms with Crippen LogP contribution in [0, 0.1) is 5.92 Å². The molecule has 2 atom stereocenters. The first kappa shape index (κ1) is 20.5. The van der Waals surface area contributed by atoms with E-state index in [1.165, 1.54) is 0 Å². The van der Waals surface area contributed by atoms with E-state index < -0.39 is 0 Å². The second kappa shape index (κ2) is 8.82. The van der Waals surface area contributed by atoms with Gasteiger partial charge in [0, 0.05) is 51.4 Å². The van der Waals surface area contributed by atoms with E-state index in [-0.39, 0.29) is 17.9 Å². The van der Waals surface area contributed by atoms with E-state index in [0.29, 0.717) is 30.4 Å². The molecule has 2 bridgehead atoms. The molecule has 0 N–H and O–H groups in total. The third kappa shape index (κ3) is 4.58.